The first kappa shape index (κ1) is 8.77. The average molecular weight is 217 g/mol. The number of nitrogens with zero attached hydrogens (tertiary/aromatic N) is 1. The Bertz CT molecular complexity index is 381. The van der Waals surface area contributed by atoms with Gasteiger partial charge in [0.15, 0.2) is 0 Å². The Balaban J connectivity index is 2.33. The van der Waals surface area contributed by atoms with Crippen LogP contribution < -0.4 is 0 Å². The fraction of sp³-hybridized carbons (Fsp3) is 0.125. The maximum absolute atomic E-state index is 12.2. The van der Waals surface area contributed by atoms with Crippen molar-refractivity contribution < 1.29 is 8.78 Å². The highest BCUT2D eigenvalue weighted by atomic mass is 32.1. The first-order valence-electron chi connectivity index (χ1n) is 3.55. The van der Waals surface area contributed by atoms with E-state index >= 15 is 0 Å². The number of aromatic nitrogens is 1. The van der Waals surface area contributed by atoms with Gasteiger partial charge in [0, 0.05) is 5.38 Å². The van der Waals surface area contributed by atoms with Gasteiger partial charge in [-0.15, -0.1) is 22.7 Å². The van der Waals surface area contributed by atoms with Gasteiger partial charge in [-0.05, 0) is 11.4 Å². The Hall–Kier alpha value is -0.810. The monoisotopic (exact) mass is 217 g/mol. The number of alkyl halides is 2. The van der Waals surface area contributed by atoms with Crippen molar-refractivity contribution in [2.45, 2.75) is 6.43 Å². The Labute approximate surface area is 81.7 Å². The van der Waals surface area contributed by atoms with Crippen LogP contribution in [0.3, 0.4) is 0 Å². The van der Waals surface area contributed by atoms with Crippen LogP contribution in [0.2, 0.25) is 0 Å². The number of thiophene rings is 1. The lowest BCUT2D eigenvalue weighted by atomic mass is 10.5. The van der Waals surface area contributed by atoms with Gasteiger partial charge in [-0.2, -0.15) is 0 Å². The van der Waals surface area contributed by atoms with E-state index in [1.165, 1.54) is 28.1 Å². The summed E-state index contributed by atoms with van der Waals surface area (Å²) in [4.78, 5) is 4.77. The van der Waals surface area contributed by atoms with Crippen LogP contribution >= 0.6 is 22.7 Å². The first-order chi connectivity index (χ1) is 6.27. The Morgan fingerprint density at radius 3 is 2.69 bits per heavy atom. The molecule has 0 saturated carbocycles. The highest BCUT2D eigenvalue weighted by Crippen LogP contribution is 2.30. The van der Waals surface area contributed by atoms with Crippen molar-refractivity contribution in [3.8, 4) is 9.88 Å². The third-order valence-corrected chi connectivity index (χ3v) is 3.38. The van der Waals surface area contributed by atoms with Crippen LogP contribution in [0.5, 0.6) is 0 Å². The Morgan fingerprint density at radius 2 is 2.15 bits per heavy atom. The van der Waals surface area contributed by atoms with Gasteiger partial charge in [0.1, 0.15) is 10.7 Å². The quantitative estimate of drug-likeness (QED) is 0.745. The molecule has 1 nitrogen and oxygen atoms in total. The molecule has 2 aromatic rings. The van der Waals surface area contributed by atoms with Gasteiger partial charge < -0.3 is 0 Å². The fourth-order valence-corrected chi connectivity index (χ4v) is 2.53. The second-order valence-electron chi connectivity index (χ2n) is 2.36. The molecule has 0 fully saturated rings. The highest BCUT2D eigenvalue weighted by molar-refractivity contribution is 7.20. The van der Waals surface area contributed by atoms with E-state index in [0.29, 0.717) is 5.01 Å². The molecule has 0 aromatic carbocycles. The van der Waals surface area contributed by atoms with Crippen molar-refractivity contribution in [3.05, 3.63) is 28.6 Å². The van der Waals surface area contributed by atoms with Crippen LogP contribution in [0, 0.1) is 0 Å². The van der Waals surface area contributed by atoms with Gasteiger partial charge in [-0.3, -0.25) is 0 Å². The smallest absolute Gasteiger partial charge is 0.234 e. The minimum absolute atomic E-state index is 0.131. The SMILES string of the molecule is FC(F)c1csc(-c2cccs2)n1. The largest absolute Gasteiger partial charge is 0.281 e. The molecule has 5 heteroatoms. The summed E-state index contributed by atoms with van der Waals surface area (Å²) in [6, 6.07) is 3.75. The van der Waals surface area contributed by atoms with Gasteiger partial charge >= 0.3 is 0 Å². The number of hydrogen-bond acceptors (Lipinski definition) is 3. The van der Waals surface area contributed by atoms with Gasteiger partial charge in [0.2, 0.25) is 0 Å². The summed E-state index contributed by atoms with van der Waals surface area (Å²) in [5.41, 5.74) is -0.131. The number of hydrogen-bond donors (Lipinski definition) is 0. The molecular formula is C8H5F2NS2. The molecule has 0 atom stereocenters. The van der Waals surface area contributed by atoms with E-state index in [4.69, 9.17) is 0 Å². The molecule has 0 aliphatic carbocycles. The molecule has 0 aliphatic heterocycles. The summed E-state index contributed by atoms with van der Waals surface area (Å²) in [6.07, 6.45) is -2.47. The molecule has 0 N–H and O–H groups in total. The zero-order valence-electron chi connectivity index (χ0n) is 6.41. The van der Waals surface area contributed by atoms with Crippen LogP contribution in [-0.2, 0) is 0 Å². The molecular weight excluding hydrogens is 212 g/mol. The number of rotatable bonds is 2. The molecule has 13 heavy (non-hydrogen) atoms. The van der Waals surface area contributed by atoms with Crippen LogP contribution in [0.15, 0.2) is 22.9 Å². The maximum Gasteiger partial charge on any atom is 0.281 e. The van der Waals surface area contributed by atoms with E-state index < -0.39 is 6.43 Å². The van der Waals surface area contributed by atoms with E-state index in [1.807, 2.05) is 17.5 Å². The normalized spacial score (nSPS) is 11.0. The van der Waals surface area contributed by atoms with E-state index in [1.54, 1.807) is 0 Å². The van der Waals surface area contributed by atoms with Crippen molar-refractivity contribution in [1.82, 2.24) is 4.98 Å². The molecule has 0 unspecified atom stereocenters. The lowest BCUT2D eigenvalue weighted by Gasteiger charge is -1.89. The van der Waals surface area contributed by atoms with Gasteiger partial charge in [0.05, 0.1) is 4.88 Å². The second-order valence-corrected chi connectivity index (χ2v) is 4.16. The second kappa shape index (κ2) is 3.51. The molecule has 0 amide bonds. The van der Waals surface area contributed by atoms with Gasteiger partial charge in [-0.1, -0.05) is 6.07 Å². The summed E-state index contributed by atoms with van der Waals surface area (Å²) in [6.45, 7) is 0. The van der Waals surface area contributed by atoms with Gasteiger partial charge in [-0.25, -0.2) is 13.8 Å². The van der Waals surface area contributed by atoms with Crippen molar-refractivity contribution in [2.24, 2.45) is 0 Å². The Kier molecular flexibility index (Phi) is 2.37. The van der Waals surface area contributed by atoms with E-state index in [0.717, 1.165) is 4.88 Å². The summed E-state index contributed by atoms with van der Waals surface area (Å²) in [5, 5.41) is 3.98. The lowest BCUT2D eigenvalue weighted by molar-refractivity contribution is 0.147. The van der Waals surface area contributed by atoms with Crippen molar-refractivity contribution in [1.29, 1.82) is 0 Å². The number of halogens is 2. The third kappa shape index (κ3) is 1.76. The maximum atomic E-state index is 12.2. The van der Waals surface area contributed by atoms with Gasteiger partial charge in [0.25, 0.3) is 6.43 Å². The van der Waals surface area contributed by atoms with Crippen LogP contribution in [-0.4, -0.2) is 4.98 Å². The van der Waals surface area contributed by atoms with E-state index in [9.17, 15) is 8.78 Å². The average Bonchev–Trinajstić information content (AvgIpc) is 2.75. The van der Waals surface area contributed by atoms with Crippen molar-refractivity contribution in [3.63, 3.8) is 0 Å². The van der Waals surface area contributed by atoms with E-state index in [-0.39, 0.29) is 5.69 Å². The molecule has 0 bridgehead atoms. The summed E-state index contributed by atoms with van der Waals surface area (Å²) in [5.74, 6) is 0. The molecule has 0 spiro atoms. The minimum Gasteiger partial charge on any atom is -0.234 e. The first-order valence-corrected chi connectivity index (χ1v) is 5.31. The highest BCUT2D eigenvalue weighted by Gasteiger charge is 2.12. The lowest BCUT2D eigenvalue weighted by Crippen LogP contribution is -1.82. The topological polar surface area (TPSA) is 12.9 Å². The van der Waals surface area contributed by atoms with Crippen molar-refractivity contribution >= 4 is 22.7 Å². The minimum atomic E-state index is -2.47. The van der Waals surface area contributed by atoms with Crippen LogP contribution in [0.4, 0.5) is 8.78 Å². The molecule has 2 aromatic heterocycles. The molecule has 0 saturated heterocycles. The van der Waals surface area contributed by atoms with Crippen molar-refractivity contribution in [2.75, 3.05) is 0 Å². The van der Waals surface area contributed by atoms with E-state index in [2.05, 4.69) is 4.98 Å². The summed E-state index contributed by atoms with van der Waals surface area (Å²) >= 11 is 2.76. The predicted octanol–water partition coefficient (Wildman–Crippen LogP) is 3.81. The van der Waals surface area contributed by atoms with Crippen LogP contribution in [0.1, 0.15) is 12.1 Å². The summed E-state index contributed by atoms with van der Waals surface area (Å²) < 4.78 is 24.3. The zero-order chi connectivity index (χ0) is 9.26. The predicted molar refractivity (Wildman–Crippen MR) is 50.4 cm³/mol. The third-order valence-electron chi connectivity index (χ3n) is 1.48. The Morgan fingerprint density at radius 1 is 1.31 bits per heavy atom. The number of thiazole rings is 1. The fourth-order valence-electron chi connectivity index (χ4n) is 0.900. The molecule has 2 rings (SSSR count). The molecule has 2 heterocycles. The molecule has 68 valence electrons. The summed E-state index contributed by atoms with van der Waals surface area (Å²) in [7, 11) is 0. The standard InChI is InChI=1S/C8H5F2NS2/c9-7(10)5-4-13-8(11-5)6-2-1-3-12-6/h1-4,7H. The molecule has 0 radical (unpaired) electrons. The molecule has 0 aliphatic rings. The van der Waals surface area contributed by atoms with Crippen LogP contribution in [0.25, 0.3) is 9.88 Å². The zero-order valence-corrected chi connectivity index (χ0v) is 8.04.